The van der Waals surface area contributed by atoms with E-state index >= 15 is 0 Å². The predicted octanol–water partition coefficient (Wildman–Crippen LogP) is 2.45. The van der Waals surface area contributed by atoms with Crippen LogP contribution in [0.25, 0.3) is 0 Å². The molecule has 1 aromatic carbocycles. The summed E-state index contributed by atoms with van der Waals surface area (Å²) in [4.78, 5) is 0. The molecule has 0 aliphatic heterocycles. The molecule has 1 nitrogen and oxygen atoms in total. The van der Waals surface area contributed by atoms with Gasteiger partial charge in [0.1, 0.15) is 0 Å². The summed E-state index contributed by atoms with van der Waals surface area (Å²) in [6, 6.07) is 7.30. The van der Waals surface area contributed by atoms with E-state index in [2.05, 4.69) is 44.3 Å². The quantitative estimate of drug-likeness (QED) is 0.748. The van der Waals surface area contributed by atoms with Gasteiger partial charge in [-0.1, -0.05) is 29.3 Å². The fourth-order valence-corrected chi connectivity index (χ4v) is 1.64. The molecule has 0 aliphatic carbocycles. The molecule has 0 aliphatic rings. The minimum absolute atomic E-state index is 0.557. The van der Waals surface area contributed by atoms with E-state index in [0.29, 0.717) is 6.04 Å². The highest BCUT2D eigenvalue weighted by Crippen LogP contribution is 2.10. The second-order valence-electron chi connectivity index (χ2n) is 3.89. The lowest BCUT2D eigenvalue weighted by atomic mass is 10.0. The number of aryl methyl sites for hydroxylation is 2. The molecule has 1 N–H and O–H groups in total. The first-order valence-corrected chi connectivity index (χ1v) is 4.86. The molecule has 1 atom stereocenters. The Kier molecular flexibility index (Phi) is 3.49. The molecule has 0 amide bonds. The molecule has 13 heavy (non-hydrogen) atoms. The number of likely N-dealkylation sites (N-methyl/N-ethyl adjacent to an activating group) is 1. The van der Waals surface area contributed by atoms with Gasteiger partial charge in [-0.05, 0) is 39.8 Å². The molecule has 72 valence electrons. The number of rotatable bonds is 3. The topological polar surface area (TPSA) is 12.0 Å². The first kappa shape index (κ1) is 10.3. The molecule has 1 unspecified atom stereocenters. The van der Waals surface area contributed by atoms with Crippen LogP contribution in [-0.4, -0.2) is 13.1 Å². The van der Waals surface area contributed by atoms with E-state index in [-0.39, 0.29) is 0 Å². The van der Waals surface area contributed by atoms with Crippen molar-refractivity contribution in [2.75, 3.05) is 7.05 Å². The zero-order valence-corrected chi connectivity index (χ0v) is 9.02. The van der Waals surface area contributed by atoms with Gasteiger partial charge in [-0.2, -0.15) is 0 Å². The Morgan fingerprint density at radius 3 is 2.15 bits per heavy atom. The van der Waals surface area contributed by atoms with Gasteiger partial charge >= 0.3 is 0 Å². The van der Waals surface area contributed by atoms with Crippen molar-refractivity contribution in [2.24, 2.45) is 0 Å². The lowest BCUT2D eigenvalue weighted by Gasteiger charge is -2.11. The van der Waals surface area contributed by atoms with Crippen LogP contribution in [-0.2, 0) is 6.42 Å². The van der Waals surface area contributed by atoms with Gasteiger partial charge in [-0.15, -0.1) is 0 Å². The molecule has 0 radical (unpaired) electrons. The Balaban J connectivity index is 2.77. The maximum atomic E-state index is 3.25. The van der Waals surface area contributed by atoms with E-state index < -0.39 is 0 Å². The summed E-state index contributed by atoms with van der Waals surface area (Å²) in [5, 5.41) is 3.25. The molecule has 0 saturated carbocycles. The van der Waals surface area contributed by atoms with Gasteiger partial charge in [0.05, 0.1) is 0 Å². The Bertz CT molecular complexity index is 258. The van der Waals surface area contributed by atoms with Crippen molar-refractivity contribution in [1.82, 2.24) is 5.32 Å². The molecule has 0 spiro atoms. The first-order chi connectivity index (χ1) is 6.11. The predicted molar refractivity (Wildman–Crippen MR) is 58.1 cm³/mol. The van der Waals surface area contributed by atoms with E-state index in [1.54, 1.807) is 0 Å². The van der Waals surface area contributed by atoms with Crippen LogP contribution in [0.4, 0.5) is 0 Å². The summed E-state index contributed by atoms with van der Waals surface area (Å²) >= 11 is 0. The molecule has 0 bridgehead atoms. The van der Waals surface area contributed by atoms with Gasteiger partial charge in [0.25, 0.3) is 0 Å². The van der Waals surface area contributed by atoms with Crippen molar-refractivity contribution in [3.05, 3.63) is 34.9 Å². The summed E-state index contributed by atoms with van der Waals surface area (Å²) in [5.74, 6) is 0. The highest BCUT2D eigenvalue weighted by atomic mass is 14.8. The van der Waals surface area contributed by atoms with Gasteiger partial charge < -0.3 is 5.32 Å². The lowest BCUT2D eigenvalue weighted by molar-refractivity contribution is 0.608. The maximum Gasteiger partial charge on any atom is 0.00761 e. The summed E-state index contributed by atoms with van der Waals surface area (Å²) in [6.45, 7) is 6.51. The average Bonchev–Trinajstić information content (AvgIpc) is 2.02. The first-order valence-electron chi connectivity index (χ1n) is 4.86. The second kappa shape index (κ2) is 4.43. The Morgan fingerprint density at radius 1 is 1.15 bits per heavy atom. The van der Waals surface area contributed by atoms with Gasteiger partial charge in [0.15, 0.2) is 0 Å². The van der Waals surface area contributed by atoms with Crippen molar-refractivity contribution in [3.8, 4) is 0 Å². The summed E-state index contributed by atoms with van der Waals surface area (Å²) in [5.41, 5.74) is 4.15. The summed E-state index contributed by atoms with van der Waals surface area (Å²) < 4.78 is 0. The largest absolute Gasteiger partial charge is 0.317 e. The van der Waals surface area contributed by atoms with E-state index in [4.69, 9.17) is 0 Å². The maximum absolute atomic E-state index is 3.25. The van der Waals surface area contributed by atoms with Crippen molar-refractivity contribution in [2.45, 2.75) is 33.2 Å². The van der Waals surface area contributed by atoms with Crippen LogP contribution < -0.4 is 5.32 Å². The van der Waals surface area contributed by atoms with Crippen LogP contribution in [0.2, 0.25) is 0 Å². The molecule has 0 fully saturated rings. The van der Waals surface area contributed by atoms with E-state index in [1.165, 1.54) is 16.7 Å². The summed E-state index contributed by atoms with van der Waals surface area (Å²) in [7, 11) is 2.01. The van der Waals surface area contributed by atoms with Crippen LogP contribution in [0.1, 0.15) is 23.6 Å². The lowest BCUT2D eigenvalue weighted by Crippen LogP contribution is -2.23. The minimum Gasteiger partial charge on any atom is -0.317 e. The van der Waals surface area contributed by atoms with Crippen LogP contribution in [0.5, 0.6) is 0 Å². The van der Waals surface area contributed by atoms with E-state index in [9.17, 15) is 0 Å². The number of hydrogen-bond acceptors (Lipinski definition) is 1. The van der Waals surface area contributed by atoms with E-state index in [1.807, 2.05) is 7.05 Å². The molecule has 1 heteroatoms. The van der Waals surface area contributed by atoms with Crippen LogP contribution >= 0.6 is 0 Å². The van der Waals surface area contributed by atoms with Gasteiger partial charge in [-0.25, -0.2) is 0 Å². The number of nitrogens with one attached hydrogen (secondary N) is 1. The molecule has 1 rings (SSSR count). The third kappa shape index (κ3) is 3.19. The minimum atomic E-state index is 0.557. The number of hydrogen-bond donors (Lipinski definition) is 1. The second-order valence-corrected chi connectivity index (χ2v) is 3.89. The van der Waals surface area contributed by atoms with Gasteiger partial charge in [0, 0.05) is 6.04 Å². The molecule has 0 heterocycles. The molecule has 1 aromatic rings. The highest BCUT2D eigenvalue weighted by Gasteiger charge is 2.01. The van der Waals surface area contributed by atoms with Crippen molar-refractivity contribution >= 4 is 0 Å². The van der Waals surface area contributed by atoms with Crippen LogP contribution in [0.3, 0.4) is 0 Å². The SMILES string of the molecule is CNC(C)Cc1cc(C)cc(C)c1. The Labute approximate surface area is 81.2 Å². The Hall–Kier alpha value is -0.820. The molecular weight excluding hydrogens is 158 g/mol. The van der Waals surface area contributed by atoms with Crippen molar-refractivity contribution in [1.29, 1.82) is 0 Å². The fourth-order valence-electron chi connectivity index (χ4n) is 1.64. The zero-order chi connectivity index (χ0) is 9.84. The molecule has 0 saturated heterocycles. The molecular formula is C12H19N. The molecule has 0 aromatic heterocycles. The third-order valence-corrected chi connectivity index (χ3v) is 2.32. The fraction of sp³-hybridized carbons (Fsp3) is 0.500. The van der Waals surface area contributed by atoms with Crippen molar-refractivity contribution in [3.63, 3.8) is 0 Å². The Morgan fingerprint density at radius 2 is 1.69 bits per heavy atom. The highest BCUT2D eigenvalue weighted by molar-refractivity contribution is 5.28. The zero-order valence-electron chi connectivity index (χ0n) is 9.02. The standard InChI is InChI=1S/C12H19N/c1-9-5-10(2)7-12(6-9)8-11(3)13-4/h5-7,11,13H,8H2,1-4H3. The van der Waals surface area contributed by atoms with E-state index in [0.717, 1.165) is 6.42 Å². The van der Waals surface area contributed by atoms with Crippen LogP contribution in [0, 0.1) is 13.8 Å². The summed E-state index contributed by atoms with van der Waals surface area (Å²) in [6.07, 6.45) is 1.11. The van der Waals surface area contributed by atoms with Gasteiger partial charge in [0.2, 0.25) is 0 Å². The van der Waals surface area contributed by atoms with Crippen molar-refractivity contribution < 1.29 is 0 Å². The van der Waals surface area contributed by atoms with Crippen LogP contribution in [0.15, 0.2) is 18.2 Å². The normalized spacial score (nSPS) is 12.9. The smallest absolute Gasteiger partial charge is 0.00761 e. The average molecular weight is 177 g/mol. The van der Waals surface area contributed by atoms with Gasteiger partial charge in [-0.3, -0.25) is 0 Å². The number of benzene rings is 1. The third-order valence-electron chi connectivity index (χ3n) is 2.32. The monoisotopic (exact) mass is 177 g/mol.